The molecule has 6 fully saturated rings. The van der Waals surface area contributed by atoms with E-state index in [1.807, 2.05) is 0 Å². The van der Waals surface area contributed by atoms with Crippen LogP contribution in [0.4, 0.5) is 0 Å². The maximum Gasteiger partial charge on any atom is 0.0577 e. The molecular formula is C27H45NO2. The molecule has 3 nitrogen and oxygen atoms in total. The van der Waals surface area contributed by atoms with Gasteiger partial charge in [-0.05, 0) is 116 Å². The van der Waals surface area contributed by atoms with Gasteiger partial charge < -0.3 is 10.2 Å². The highest BCUT2D eigenvalue weighted by Gasteiger charge is 2.62. The van der Waals surface area contributed by atoms with E-state index in [0.717, 1.165) is 79.1 Å². The van der Waals surface area contributed by atoms with Crippen LogP contribution in [-0.2, 0) is 0 Å². The third-order valence-corrected chi connectivity index (χ3v) is 12.0. The molecule has 170 valence electrons. The minimum Gasteiger partial charge on any atom is -0.393 e. The van der Waals surface area contributed by atoms with Crippen LogP contribution < -0.4 is 0 Å². The zero-order chi connectivity index (χ0) is 20.8. The summed E-state index contributed by atoms with van der Waals surface area (Å²) >= 11 is 0. The van der Waals surface area contributed by atoms with Gasteiger partial charge in [0.05, 0.1) is 12.2 Å². The lowest BCUT2D eigenvalue weighted by Crippen LogP contribution is -2.58. The van der Waals surface area contributed by atoms with E-state index in [4.69, 9.17) is 0 Å². The molecule has 4 aliphatic carbocycles. The summed E-state index contributed by atoms with van der Waals surface area (Å²) in [6.07, 6.45) is 10.7. The van der Waals surface area contributed by atoms with Crippen molar-refractivity contribution in [1.82, 2.24) is 4.90 Å². The van der Waals surface area contributed by atoms with Gasteiger partial charge in [-0.1, -0.05) is 20.8 Å². The number of hydrogen-bond acceptors (Lipinski definition) is 3. The fourth-order valence-electron chi connectivity index (χ4n) is 10.6. The van der Waals surface area contributed by atoms with Crippen molar-refractivity contribution in [3.8, 4) is 0 Å². The standard InChI is InChI=1S/C27H45NO2/c1-15-4-7-25-16(2)18-5-6-19-20(22(18)14-28(25)13-15)11-23-21(19)12-26(30)24-10-17(29)8-9-27(23,24)3/h15-26,29-30H,4-14H2,1-3H3/t15-,16-,17-,18-,19+,20-,21-,22+,23-,24+,25+,26+,27+/m0/s1. The summed E-state index contributed by atoms with van der Waals surface area (Å²) in [6.45, 7) is 10.3. The molecule has 0 radical (unpaired) electrons. The molecule has 0 aromatic carbocycles. The van der Waals surface area contributed by atoms with Crippen molar-refractivity contribution in [2.45, 2.75) is 96.8 Å². The van der Waals surface area contributed by atoms with Crippen LogP contribution in [-0.4, -0.2) is 46.5 Å². The third kappa shape index (κ3) is 2.86. The minimum atomic E-state index is -0.181. The first-order valence-corrected chi connectivity index (χ1v) is 13.5. The Balaban J connectivity index is 1.28. The Morgan fingerprint density at radius 2 is 1.53 bits per heavy atom. The number of fused-ring (bicyclic) bond motifs is 8. The van der Waals surface area contributed by atoms with Crippen molar-refractivity contribution >= 4 is 0 Å². The van der Waals surface area contributed by atoms with Gasteiger partial charge in [-0.3, -0.25) is 4.90 Å². The van der Waals surface area contributed by atoms with Gasteiger partial charge >= 0.3 is 0 Å². The summed E-state index contributed by atoms with van der Waals surface area (Å²) in [5, 5.41) is 21.5. The van der Waals surface area contributed by atoms with Gasteiger partial charge in [-0.25, -0.2) is 0 Å². The Morgan fingerprint density at radius 3 is 2.37 bits per heavy atom. The second kappa shape index (κ2) is 7.19. The highest BCUT2D eigenvalue weighted by atomic mass is 16.3. The molecule has 0 unspecified atom stereocenters. The molecule has 0 bridgehead atoms. The smallest absolute Gasteiger partial charge is 0.0577 e. The van der Waals surface area contributed by atoms with Gasteiger partial charge in [0.2, 0.25) is 0 Å². The van der Waals surface area contributed by atoms with Gasteiger partial charge in [0.1, 0.15) is 0 Å². The van der Waals surface area contributed by atoms with Gasteiger partial charge in [0.15, 0.2) is 0 Å². The summed E-state index contributed by atoms with van der Waals surface area (Å²) in [7, 11) is 0. The Bertz CT molecular complexity index is 665. The van der Waals surface area contributed by atoms with E-state index >= 15 is 0 Å². The molecule has 2 N–H and O–H groups in total. The Morgan fingerprint density at radius 1 is 0.733 bits per heavy atom. The summed E-state index contributed by atoms with van der Waals surface area (Å²) in [6, 6.07) is 0.853. The van der Waals surface area contributed by atoms with E-state index in [1.165, 1.54) is 45.2 Å². The zero-order valence-corrected chi connectivity index (χ0v) is 19.5. The van der Waals surface area contributed by atoms with Gasteiger partial charge in [0.25, 0.3) is 0 Å². The highest BCUT2D eigenvalue weighted by molar-refractivity contribution is 5.12. The normalized spacial score (nSPS) is 60.7. The van der Waals surface area contributed by atoms with Crippen LogP contribution in [0.5, 0.6) is 0 Å². The summed E-state index contributed by atoms with van der Waals surface area (Å²) in [5.41, 5.74) is 0.261. The van der Waals surface area contributed by atoms with Crippen LogP contribution in [0.2, 0.25) is 0 Å². The van der Waals surface area contributed by atoms with E-state index in [1.54, 1.807) is 0 Å². The second-order valence-corrected chi connectivity index (χ2v) is 13.1. The number of nitrogens with zero attached hydrogens (tertiary/aromatic N) is 1. The maximum absolute atomic E-state index is 11.2. The van der Waals surface area contributed by atoms with Crippen LogP contribution in [0.25, 0.3) is 0 Å². The number of hydrogen-bond donors (Lipinski definition) is 2. The molecule has 2 aliphatic heterocycles. The molecule has 6 aliphatic rings. The SMILES string of the molecule is C[C@H]1CC[C@@H]2[C@@H](C)[C@@H]3CC[C@@H]4[C@H](C[C@H]5[C@H]4C[C@@H](O)[C@H]4C[C@@H](O)CC[C@@]45C)[C@@H]3CN2C1. The largest absolute Gasteiger partial charge is 0.393 e. The van der Waals surface area contributed by atoms with E-state index in [2.05, 4.69) is 25.7 Å². The van der Waals surface area contributed by atoms with E-state index in [-0.39, 0.29) is 17.6 Å². The van der Waals surface area contributed by atoms with Gasteiger partial charge in [-0.15, -0.1) is 0 Å². The Labute approximate surface area is 184 Å². The lowest BCUT2D eigenvalue weighted by Gasteiger charge is -2.56. The van der Waals surface area contributed by atoms with Gasteiger partial charge in [-0.2, -0.15) is 0 Å². The first-order chi connectivity index (χ1) is 14.4. The molecule has 3 heteroatoms. The number of rotatable bonds is 0. The Kier molecular flexibility index (Phi) is 4.91. The molecule has 0 aromatic rings. The van der Waals surface area contributed by atoms with Crippen LogP contribution in [0.3, 0.4) is 0 Å². The van der Waals surface area contributed by atoms with E-state index in [9.17, 15) is 10.2 Å². The van der Waals surface area contributed by atoms with Crippen molar-refractivity contribution in [3.63, 3.8) is 0 Å². The maximum atomic E-state index is 11.2. The van der Waals surface area contributed by atoms with Crippen LogP contribution in [0, 0.1) is 58.7 Å². The number of aliphatic hydroxyl groups excluding tert-OH is 2. The molecular weight excluding hydrogens is 370 g/mol. The van der Waals surface area contributed by atoms with Crippen molar-refractivity contribution in [1.29, 1.82) is 0 Å². The zero-order valence-electron chi connectivity index (χ0n) is 19.5. The first kappa shape index (κ1) is 20.5. The first-order valence-electron chi connectivity index (χ1n) is 13.5. The second-order valence-electron chi connectivity index (χ2n) is 13.1. The highest BCUT2D eigenvalue weighted by Crippen LogP contribution is 2.67. The minimum absolute atomic E-state index is 0.180. The predicted molar refractivity (Wildman–Crippen MR) is 120 cm³/mol. The van der Waals surface area contributed by atoms with Crippen molar-refractivity contribution in [3.05, 3.63) is 0 Å². The molecule has 0 spiro atoms. The lowest BCUT2D eigenvalue weighted by atomic mass is 9.51. The lowest BCUT2D eigenvalue weighted by molar-refractivity contribution is -0.130. The quantitative estimate of drug-likeness (QED) is 0.609. The molecule has 0 aromatic heterocycles. The van der Waals surface area contributed by atoms with Crippen LogP contribution in [0.15, 0.2) is 0 Å². The average molecular weight is 416 g/mol. The van der Waals surface area contributed by atoms with Gasteiger partial charge in [0, 0.05) is 19.1 Å². The van der Waals surface area contributed by atoms with Crippen LogP contribution in [0.1, 0.15) is 78.6 Å². The molecule has 2 saturated heterocycles. The van der Waals surface area contributed by atoms with E-state index in [0.29, 0.717) is 5.92 Å². The Hall–Kier alpha value is -0.120. The predicted octanol–water partition coefficient (Wildman–Crippen LogP) is 4.56. The van der Waals surface area contributed by atoms with Crippen LogP contribution >= 0.6 is 0 Å². The third-order valence-electron chi connectivity index (χ3n) is 12.0. The fraction of sp³-hybridized carbons (Fsp3) is 1.00. The molecule has 30 heavy (non-hydrogen) atoms. The molecule has 13 atom stereocenters. The summed E-state index contributed by atoms with van der Waals surface area (Å²) < 4.78 is 0. The summed E-state index contributed by atoms with van der Waals surface area (Å²) in [5.74, 6) is 7.22. The molecule has 0 amide bonds. The van der Waals surface area contributed by atoms with E-state index < -0.39 is 0 Å². The topological polar surface area (TPSA) is 43.7 Å². The molecule has 6 rings (SSSR count). The molecule has 2 heterocycles. The monoisotopic (exact) mass is 415 g/mol. The summed E-state index contributed by atoms with van der Waals surface area (Å²) in [4.78, 5) is 2.92. The number of aliphatic hydroxyl groups is 2. The van der Waals surface area contributed by atoms with Crippen molar-refractivity contribution in [2.75, 3.05) is 13.1 Å². The van der Waals surface area contributed by atoms with Crippen molar-refractivity contribution in [2.24, 2.45) is 58.7 Å². The molecule has 4 saturated carbocycles. The fourth-order valence-corrected chi connectivity index (χ4v) is 10.6. The van der Waals surface area contributed by atoms with Crippen molar-refractivity contribution < 1.29 is 10.2 Å². The number of piperidine rings is 2. The average Bonchev–Trinajstić information content (AvgIpc) is 3.09.